The fraction of sp³-hybridized carbons (Fsp3) is 0.308. The van der Waals surface area contributed by atoms with Crippen LogP contribution in [0.2, 0.25) is 0 Å². The van der Waals surface area contributed by atoms with Gasteiger partial charge in [0.25, 0.3) is 0 Å². The summed E-state index contributed by atoms with van der Waals surface area (Å²) in [6.07, 6.45) is 2.50. The summed E-state index contributed by atoms with van der Waals surface area (Å²) < 4.78 is 13.4. The first kappa shape index (κ1) is 11.0. The highest BCUT2D eigenvalue weighted by Gasteiger charge is 2.08. The molecule has 0 fully saturated rings. The molecule has 1 atom stereocenters. The zero-order chi connectivity index (χ0) is 11.5. The molecule has 3 heteroatoms. The van der Waals surface area contributed by atoms with Crippen LogP contribution in [-0.2, 0) is 6.42 Å². The van der Waals surface area contributed by atoms with Crippen molar-refractivity contribution in [3.63, 3.8) is 0 Å². The average molecular weight is 218 g/mol. The van der Waals surface area contributed by atoms with E-state index in [1.54, 1.807) is 12.3 Å². The first-order chi connectivity index (χ1) is 7.70. The van der Waals surface area contributed by atoms with Crippen molar-refractivity contribution in [2.45, 2.75) is 13.3 Å². The summed E-state index contributed by atoms with van der Waals surface area (Å²) in [5, 5.41) is 0.849. The number of fused-ring (bicyclic) bond motifs is 1. The summed E-state index contributed by atoms with van der Waals surface area (Å²) >= 11 is 0. The molecule has 0 spiro atoms. The van der Waals surface area contributed by atoms with Gasteiger partial charge in [0.15, 0.2) is 0 Å². The lowest BCUT2D eigenvalue weighted by atomic mass is 9.98. The third-order valence-corrected chi connectivity index (χ3v) is 2.72. The Morgan fingerprint density at radius 3 is 3.00 bits per heavy atom. The lowest BCUT2D eigenvalue weighted by Crippen LogP contribution is -2.13. The molecule has 16 heavy (non-hydrogen) atoms. The quantitative estimate of drug-likeness (QED) is 0.859. The third-order valence-electron chi connectivity index (χ3n) is 2.72. The molecule has 0 amide bonds. The van der Waals surface area contributed by atoms with Crippen molar-refractivity contribution in [2.24, 2.45) is 11.7 Å². The van der Waals surface area contributed by atoms with E-state index in [2.05, 4.69) is 11.9 Å². The van der Waals surface area contributed by atoms with Crippen LogP contribution in [-0.4, -0.2) is 11.5 Å². The van der Waals surface area contributed by atoms with Crippen LogP contribution in [0.3, 0.4) is 0 Å². The number of hydrogen-bond donors (Lipinski definition) is 1. The van der Waals surface area contributed by atoms with Gasteiger partial charge in [0.05, 0.1) is 5.52 Å². The fourth-order valence-corrected chi connectivity index (χ4v) is 1.84. The van der Waals surface area contributed by atoms with Crippen LogP contribution in [0.25, 0.3) is 10.9 Å². The van der Waals surface area contributed by atoms with E-state index in [1.165, 1.54) is 6.07 Å². The standard InChI is InChI=1S/C13H15FN2/c1-9(8-15)5-11-7-12(14)6-10-3-2-4-16-13(10)11/h2-4,6-7,9H,5,8,15H2,1H3. The highest BCUT2D eigenvalue weighted by atomic mass is 19.1. The van der Waals surface area contributed by atoms with Crippen molar-refractivity contribution < 1.29 is 4.39 Å². The van der Waals surface area contributed by atoms with Gasteiger partial charge in [0.1, 0.15) is 5.82 Å². The van der Waals surface area contributed by atoms with Crippen molar-refractivity contribution in [2.75, 3.05) is 6.54 Å². The second-order valence-corrected chi connectivity index (χ2v) is 4.19. The second-order valence-electron chi connectivity index (χ2n) is 4.19. The van der Waals surface area contributed by atoms with Gasteiger partial charge in [0.2, 0.25) is 0 Å². The Kier molecular flexibility index (Phi) is 3.15. The SMILES string of the molecule is CC(CN)Cc1cc(F)cc2cccnc12. The Labute approximate surface area is 94.3 Å². The molecule has 2 nitrogen and oxygen atoms in total. The van der Waals surface area contributed by atoms with Crippen molar-refractivity contribution in [3.8, 4) is 0 Å². The molecule has 0 aliphatic heterocycles. The van der Waals surface area contributed by atoms with Gasteiger partial charge in [-0.3, -0.25) is 4.98 Å². The molecular formula is C13H15FN2. The van der Waals surface area contributed by atoms with E-state index in [1.807, 2.05) is 12.1 Å². The topological polar surface area (TPSA) is 38.9 Å². The molecule has 2 rings (SSSR count). The highest BCUT2D eigenvalue weighted by molar-refractivity contribution is 5.81. The van der Waals surface area contributed by atoms with Gasteiger partial charge in [-0.05, 0) is 42.6 Å². The minimum absolute atomic E-state index is 0.209. The van der Waals surface area contributed by atoms with E-state index in [0.717, 1.165) is 22.9 Å². The number of aromatic nitrogens is 1. The Morgan fingerprint density at radius 1 is 1.44 bits per heavy atom. The minimum atomic E-state index is -0.209. The fourth-order valence-electron chi connectivity index (χ4n) is 1.84. The molecule has 0 saturated carbocycles. The van der Waals surface area contributed by atoms with Gasteiger partial charge >= 0.3 is 0 Å². The third kappa shape index (κ3) is 2.19. The largest absolute Gasteiger partial charge is 0.330 e. The maximum absolute atomic E-state index is 13.4. The number of rotatable bonds is 3. The normalized spacial score (nSPS) is 12.9. The Balaban J connectivity index is 2.50. The van der Waals surface area contributed by atoms with Crippen LogP contribution in [0, 0.1) is 11.7 Å². The molecule has 2 aromatic rings. The number of nitrogens with zero attached hydrogens (tertiary/aromatic N) is 1. The van der Waals surface area contributed by atoms with Crippen LogP contribution in [0.1, 0.15) is 12.5 Å². The summed E-state index contributed by atoms with van der Waals surface area (Å²) in [7, 11) is 0. The summed E-state index contributed by atoms with van der Waals surface area (Å²) in [6, 6.07) is 6.76. The van der Waals surface area contributed by atoms with E-state index in [9.17, 15) is 4.39 Å². The Morgan fingerprint density at radius 2 is 2.25 bits per heavy atom. The predicted octanol–water partition coefficient (Wildman–Crippen LogP) is 2.51. The molecular weight excluding hydrogens is 203 g/mol. The van der Waals surface area contributed by atoms with E-state index in [0.29, 0.717) is 12.5 Å². The Hall–Kier alpha value is -1.48. The van der Waals surface area contributed by atoms with Gasteiger partial charge < -0.3 is 5.73 Å². The maximum atomic E-state index is 13.4. The van der Waals surface area contributed by atoms with Crippen molar-refractivity contribution in [1.82, 2.24) is 4.98 Å². The number of pyridine rings is 1. The average Bonchev–Trinajstić information content (AvgIpc) is 2.28. The van der Waals surface area contributed by atoms with Crippen LogP contribution >= 0.6 is 0 Å². The van der Waals surface area contributed by atoms with Crippen molar-refractivity contribution in [1.29, 1.82) is 0 Å². The number of nitrogens with two attached hydrogens (primary N) is 1. The molecule has 0 radical (unpaired) electrons. The molecule has 0 saturated heterocycles. The van der Waals surface area contributed by atoms with E-state index in [4.69, 9.17) is 5.73 Å². The van der Waals surface area contributed by atoms with Crippen LogP contribution in [0.5, 0.6) is 0 Å². The monoisotopic (exact) mass is 218 g/mol. The molecule has 0 aliphatic rings. The van der Waals surface area contributed by atoms with Gasteiger partial charge in [-0.15, -0.1) is 0 Å². The summed E-state index contributed by atoms with van der Waals surface area (Å²) in [5.74, 6) is 0.131. The second kappa shape index (κ2) is 4.58. The Bertz CT molecular complexity index is 496. The molecule has 1 heterocycles. The lowest BCUT2D eigenvalue weighted by Gasteiger charge is -2.10. The smallest absolute Gasteiger partial charge is 0.124 e. The van der Waals surface area contributed by atoms with Crippen LogP contribution in [0.15, 0.2) is 30.5 Å². The van der Waals surface area contributed by atoms with Gasteiger partial charge in [0, 0.05) is 11.6 Å². The molecule has 1 unspecified atom stereocenters. The van der Waals surface area contributed by atoms with Gasteiger partial charge in [-0.2, -0.15) is 0 Å². The molecule has 2 N–H and O–H groups in total. The van der Waals surface area contributed by atoms with E-state index in [-0.39, 0.29) is 5.82 Å². The highest BCUT2D eigenvalue weighted by Crippen LogP contribution is 2.20. The summed E-state index contributed by atoms with van der Waals surface area (Å²) in [6.45, 7) is 2.66. The summed E-state index contributed by atoms with van der Waals surface area (Å²) in [5.41, 5.74) is 7.41. The first-order valence-corrected chi connectivity index (χ1v) is 5.44. The minimum Gasteiger partial charge on any atom is -0.330 e. The van der Waals surface area contributed by atoms with Crippen molar-refractivity contribution >= 4 is 10.9 Å². The maximum Gasteiger partial charge on any atom is 0.124 e. The van der Waals surface area contributed by atoms with E-state index < -0.39 is 0 Å². The van der Waals surface area contributed by atoms with Crippen LogP contribution in [0.4, 0.5) is 4.39 Å². The first-order valence-electron chi connectivity index (χ1n) is 5.44. The number of halogens is 1. The number of hydrogen-bond acceptors (Lipinski definition) is 2. The summed E-state index contributed by atoms with van der Waals surface area (Å²) in [4.78, 5) is 4.30. The zero-order valence-corrected chi connectivity index (χ0v) is 9.28. The van der Waals surface area contributed by atoms with E-state index >= 15 is 0 Å². The predicted molar refractivity (Wildman–Crippen MR) is 63.6 cm³/mol. The number of benzene rings is 1. The van der Waals surface area contributed by atoms with Gasteiger partial charge in [-0.1, -0.05) is 13.0 Å². The lowest BCUT2D eigenvalue weighted by molar-refractivity contribution is 0.586. The molecule has 1 aromatic carbocycles. The van der Waals surface area contributed by atoms with Gasteiger partial charge in [-0.25, -0.2) is 4.39 Å². The zero-order valence-electron chi connectivity index (χ0n) is 9.28. The molecule has 0 bridgehead atoms. The van der Waals surface area contributed by atoms with Crippen LogP contribution < -0.4 is 5.73 Å². The molecule has 1 aromatic heterocycles. The van der Waals surface area contributed by atoms with Crippen molar-refractivity contribution in [3.05, 3.63) is 41.8 Å². The molecule has 0 aliphatic carbocycles. The molecule has 84 valence electrons.